The van der Waals surface area contributed by atoms with Gasteiger partial charge >= 0.3 is 6.18 Å². The van der Waals surface area contributed by atoms with Gasteiger partial charge in [-0.05, 0) is 19.4 Å². The Balaban J connectivity index is 3.08. The van der Waals surface area contributed by atoms with Crippen molar-refractivity contribution in [1.29, 1.82) is 0 Å². The zero-order valence-electron chi connectivity index (χ0n) is 10.2. The van der Waals surface area contributed by atoms with E-state index in [1.807, 2.05) is 0 Å². The van der Waals surface area contributed by atoms with E-state index in [-0.39, 0.29) is 5.56 Å². The molecular weight excluding hydrogens is 247 g/mol. The van der Waals surface area contributed by atoms with Crippen LogP contribution in [0.4, 0.5) is 13.2 Å². The molecule has 1 aromatic rings. The Kier molecular flexibility index (Phi) is 5.10. The van der Waals surface area contributed by atoms with Crippen molar-refractivity contribution in [3.8, 4) is 0 Å². The van der Waals surface area contributed by atoms with Gasteiger partial charge < -0.3 is 9.84 Å². The van der Waals surface area contributed by atoms with Gasteiger partial charge in [0.25, 0.3) is 0 Å². The summed E-state index contributed by atoms with van der Waals surface area (Å²) in [6.45, 7) is 3.80. The Hall–Kier alpha value is -1.14. The van der Waals surface area contributed by atoms with Crippen LogP contribution in [0.15, 0.2) is 18.5 Å². The standard InChI is InChI=1S/C12H16F3NO2/c1-3-10(18-4-2)11(17)8-7-16-6-5-9(8)12(13,14)15/h5-7,10-11,17H,3-4H2,1-2H3. The SMILES string of the molecule is CCOC(CC)C(O)c1cnccc1C(F)(F)F. The fourth-order valence-electron chi connectivity index (χ4n) is 1.75. The van der Waals surface area contributed by atoms with Crippen LogP contribution in [0, 0.1) is 0 Å². The van der Waals surface area contributed by atoms with Gasteiger partial charge in [-0.1, -0.05) is 6.92 Å². The quantitative estimate of drug-likeness (QED) is 0.888. The van der Waals surface area contributed by atoms with Crippen LogP contribution in [-0.4, -0.2) is 22.8 Å². The van der Waals surface area contributed by atoms with Crippen molar-refractivity contribution in [3.05, 3.63) is 29.6 Å². The topological polar surface area (TPSA) is 42.4 Å². The zero-order chi connectivity index (χ0) is 13.8. The summed E-state index contributed by atoms with van der Waals surface area (Å²) in [7, 11) is 0. The molecule has 0 bridgehead atoms. The smallest absolute Gasteiger partial charge is 0.386 e. The minimum atomic E-state index is -4.51. The van der Waals surface area contributed by atoms with Crippen molar-refractivity contribution < 1.29 is 23.0 Å². The van der Waals surface area contributed by atoms with Gasteiger partial charge in [-0.25, -0.2) is 0 Å². The largest absolute Gasteiger partial charge is 0.416 e. The molecule has 102 valence electrons. The molecule has 1 N–H and O–H groups in total. The van der Waals surface area contributed by atoms with E-state index >= 15 is 0 Å². The van der Waals surface area contributed by atoms with E-state index in [0.717, 1.165) is 18.5 Å². The van der Waals surface area contributed by atoms with Gasteiger partial charge in [0.2, 0.25) is 0 Å². The zero-order valence-corrected chi connectivity index (χ0v) is 10.2. The van der Waals surface area contributed by atoms with E-state index in [2.05, 4.69) is 4.98 Å². The van der Waals surface area contributed by atoms with Crippen molar-refractivity contribution >= 4 is 0 Å². The summed E-state index contributed by atoms with van der Waals surface area (Å²) >= 11 is 0. The highest BCUT2D eigenvalue weighted by Crippen LogP contribution is 2.35. The maximum absolute atomic E-state index is 12.8. The minimum absolute atomic E-state index is 0.245. The lowest BCUT2D eigenvalue weighted by molar-refractivity contribution is -0.140. The predicted molar refractivity (Wildman–Crippen MR) is 59.9 cm³/mol. The molecule has 0 spiro atoms. The molecule has 0 aromatic carbocycles. The summed E-state index contributed by atoms with van der Waals surface area (Å²) < 4.78 is 43.6. The summed E-state index contributed by atoms with van der Waals surface area (Å²) in [5.74, 6) is 0. The van der Waals surface area contributed by atoms with E-state index in [1.54, 1.807) is 13.8 Å². The summed E-state index contributed by atoms with van der Waals surface area (Å²) in [6.07, 6.45) is -4.00. The highest BCUT2D eigenvalue weighted by Gasteiger charge is 2.36. The summed E-state index contributed by atoms with van der Waals surface area (Å²) in [6, 6.07) is 0.858. The third-order valence-corrected chi connectivity index (χ3v) is 2.61. The number of aromatic nitrogens is 1. The number of aliphatic hydroxyl groups is 1. The van der Waals surface area contributed by atoms with E-state index in [9.17, 15) is 18.3 Å². The van der Waals surface area contributed by atoms with E-state index in [0.29, 0.717) is 13.0 Å². The van der Waals surface area contributed by atoms with E-state index in [4.69, 9.17) is 4.74 Å². The average Bonchev–Trinajstić information content (AvgIpc) is 2.34. The van der Waals surface area contributed by atoms with E-state index < -0.39 is 23.9 Å². The molecule has 0 fully saturated rings. The third-order valence-electron chi connectivity index (χ3n) is 2.61. The minimum Gasteiger partial charge on any atom is -0.386 e. The first-order valence-electron chi connectivity index (χ1n) is 5.72. The van der Waals surface area contributed by atoms with Gasteiger partial charge in [0.1, 0.15) is 6.10 Å². The maximum atomic E-state index is 12.8. The lowest BCUT2D eigenvalue weighted by Gasteiger charge is -2.24. The molecule has 0 aliphatic heterocycles. The van der Waals surface area contributed by atoms with Gasteiger partial charge in [0.15, 0.2) is 0 Å². The number of aliphatic hydroxyl groups excluding tert-OH is 1. The fourth-order valence-corrected chi connectivity index (χ4v) is 1.75. The number of nitrogens with zero attached hydrogens (tertiary/aromatic N) is 1. The Morgan fingerprint density at radius 1 is 1.39 bits per heavy atom. The molecule has 0 aliphatic carbocycles. The third kappa shape index (κ3) is 3.43. The number of hydrogen-bond acceptors (Lipinski definition) is 3. The molecule has 6 heteroatoms. The molecular formula is C12H16F3NO2. The van der Waals surface area contributed by atoms with Crippen LogP contribution in [-0.2, 0) is 10.9 Å². The number of pyridine rings is 1. The molecule has 0 amide bonds. The monoisotopic (exact) mass is 263 g/mol. The van der Waals surface area contributed by atoms with Crippen molar-refractivity contribution in [2.24, 2.45) is 0 Å². The van der Waals surface area contributed by atoms with Crippen LogP contribution in [0.2, 0.25) is 0 Å². The average molecular weight is 263 g/mol. The summed E-state index contributed by atoms with van der Waals surface area (Å²) in [4.78, 5) is 3.64. The first-order valence-corrected chi connectivity index (χ1v) is 5.72. The number of alkyl halides is 3. The van der Waals surface area contributed by atoms with Gasteiger partial charge in [0.05, 0.1) is 11.7 Å². The Morgan fingerprint density at radius 2 is 2.06 bits per heavy atom. The first kappa shape index (κ1) is 14.9. The van der Waals surface area contributed by atoms with Gasteiger partial charge in [-0.15, -0.1) is 0 Å². The molecule has 1 heterocycles. The molecule has 1 rings (SSSR count). The number of hydrogen-bond donors (Lipinski definition) is 1. The Bertz CT molecular complexity index is 382. The molecule has 0 saturated carbocycles. The summed E-state index contributed by atoms with van der Waals surface area (Å²) in [5, 5.41) is 9.99. The van der Waals surface area contributed by atoms with Gasteiger partial charge in [-0.2, -0.15) is 13.2 Å². The van der Waals surface area contributed by atoms with Gasteiger partial charge in [-0.3, -0.25) is 4.98 Å². The second-order valence-electron chi connectivity index (χ2n) is 3.81. The lowest BCUT2D eigenvalue weighted by atomic mass is 9.99. The van der Waals surface area contributed by atoms with E-state index in [1.165, 1.54) is 0 Å². The number of ether oxygens (including phenoxy) is 1. The van der Waals surface area contributed by atoms with Gasteiger partial charge in [0, 0.05) is 24.6 Å². The molecule has 1 aromatic heterocycles. The molecule has 0 radical (unpaired) electrons. The fraction of sp³-hybridized carbons (Fsp3) is 0.583. The molecule has 0 aliphatic rings. The highest BCUT2D eigenvalue weighted by molar-refractivity contribution is 5.28. The predicted octanol–water partition coefficient (Wildman–Crippen LogP) is 2.95. The molecule has 18 heavy (non-hydrogen) atoms. The molecule has 2 atom stereocenters. The van der Waals surface area contributed by atoms with Crippen LogP contribution in [0.5, 0.6) is 0 Å². The maximum Gasteiger partial charge on any atom is 0.416 e. The highest BCUT2D eigenvalue weighted by atomic mass is 19.4. The first-order chi connectivity index (χ1) is 8.41. The molecule has 3 nitrogen and oxygen atoms in total. The van der Waals surface area contributed by atoms with Crippen molar-refractivity contribution in [2.45, 2.75) is 38.7 Å². The van der Waals surface area contributed by atoms with Crippen LogP contribution in [0.3, 0.4) is 0 Å². The molecule has 0 saturated heterocycles. The van der Waals surface area contributed by atoms with Crippen LogP contribution in [0.1, 0.15) is 37.5 Å². The second kappa shape index (κ2) is 6.15. The van der Waals surface area contributed by atoms with Crippen molar-refractivity contribution in [3.63, 3.8) is 0 Å². The Morgan fingerprint density at radius 3 is 2.56 bits per heavy atom. The van der Waals surface area contributed by atoms with Crippen LogP contribution < -0.4 is 0 Å². The lowest BCUT2D eigenvalue weighted by Crippen LogP contribution is -2.24. The van der Waals surface area contributed by atoms with Crippen LogP contribution in [0.25, 0.3) is 0 Å². The van der Waals surface area contributed by atoms with Crippen molar-refractivity contribution in [2.75, 3.05) is 6.61 Å². The van der Waals surface area contributed by atoms with Crippen molar-refractivity contribution in [1.82, 2.24) is 4.98 Å². The second-order valence-corrected chi connectivity index (χ2v) is 3.81. The Labute approximate surface area is 104 Å². The number of rotatable bonds is 5. The summed E-state index contributed by atoms with van der Waals surface area (Å²) in [5.41, 5.74) is -1.12. The number of halogens is 3. The molecule has 2 unspecified atom stereocenters. The van der Waals surface area contributed by atoms with Crippen LogP contribution >= 0.6 is 0 Å². The normalized spacial score (nSPS) is 15.4.